The molecule has 0 aromatic heterocycles. The maximum Gasteiger partial charge on any atom is 0.328 e. The zero-order chi connectivity index (χ0) is 35.6. The van der Waals surface area contributed by atoms with E-state index in [1.807, 2.05) is 66.7 Å². The first-order chi connectivity index (χ1) is 24.9. The number of nitrogens with zero attached hydrogens (tertiary/aromatic N) is 1. The van der Waals surface area contributed by atoms with Gasteiger partial charge in [-0.3, -0.25) is 0 Å². The molecule has 2 saturated heterocycles. The molecular weight excluding hydrogens is 642 g/mol. The Hall–Kier alpha value is -4.54. The molecule has 0 aliphatic carbocycles. The van der Waals surface area contributed by atoms with Crippen LogP contribution in [0.3, 0.4) is 0 Å². The van der Waals surface area contributed by atoms with E-state index in [1.54, 1.807) is 0 Å². The summed E-state index contributed by atoms with van der Waals surface area (Å²) in [5, 5.41) is 15.3. The number of aliphatic hydroxyl groups is 1. The van der Waals surface area contributed by atoms with Crippen LogP contribution in [-0.4, -0.2) is 60.9 Å². The van der Waals surface area contributed by atoms with E-state index in [1.165, 1.54) is 26.4 Å². The highest BCUT2D eigenvalue weighted by Gasteiger charge is 2.39. The molecule has 6 rings (SSSR count). The predicted molar refractivity (Wildman–Crippen MR) is 196 cm³/mol. The number of carbonyl (C=O) groups is 2. The summed E-state index contributed by atoms with van der Waals surface area (Å²) in [4.78, 5) is 27.9. The lowest BCUT2D eigenvalue weighted by molar-refractivity contribution is -0.276. The highest BCUT2D eigenvalue weighted by Crippen LogP contribution is 2.42. The van der Waals surface area contributed by atoms with Gasteiger partial charge in [-0.05, 0) is 59.3 Å². The summed E-state index contributed by atoms with van der Waals surface area (Å²) >= 11 is 0. The van der Waals surface area contributed by atoms with E-state index >= 15 is 0 Å². The predicted octanol–water partition coefficient (Wildman–Crippen LogP) is 6.71. The number of hydrogen-bond donors (Lipinski definition) is 3. The second kappa shape index (κ2) is 17.6. The number of nitrogens with one attached hydrogen (secondary N) is 2. The standard InChI is InChI=1S/C42H49N3O6/c1-29-38(27-45-23-9-4-10-24-45)50-41(51-39(29)33-17-15-31(28-46)16-18-33)34-21-19-32(20-22-34)36-14-8-7-13-35(36)26-43-42(48)44-37(40(47)49-2)25-30-11-5-3-6-12-30/h3,5-8,11-22,29,37-39,41,46H,4,9-10,23-28H2,1-2H3,(H2,43,44,48)/t29-,37-,38+,39+,41+/m0/s1. The Bertz CT molecular complexity index is 1710. The average Bonchev–Trinajstić information content (AvgIpc) is 3.18. The molecule has 9 nitrogen and oxygen atoms in total. The summed E-state index contributed by atoms with van der Waals surface area (Å²) < 4.78 is 18.4. The van der Waals surface area contributed by atoms with Crippen LogP contribution < -0.4 is 10.6 Å². The average molecular weight is 692 g/mol. The van der Waals surface area contributed by atoms with Crippen molar-refractivity contribution >= 4 is 12.0 Å². The monoisotopic (exact) mass is 691 g/mol. The quantitative estimate of drug-likeness (QED) is 0.142. The van der Waals surface area contributed by atoms with Gasteiger partial charge in [-0.2, -0.15) is 0 Å². The molecule has 2 aliphatic rings. The summed E-state index contributed by atoms with van der Waals surface area (Å²) in [6.07, 6.45) is 3.35. The minimum absolute atomic E-state index is 0.00605. The Morgan fingerprint density at radius 3 is 2.24 bits per heavy atom. The minimum Gasteiger partial charge on any atom is -0.467 e. The van der Waals surface area contributed by atoms with Gasteiger partial charge in [-0.1, -0.05) is 116 Å². The van der Waals surface area contributed by atoms with E-state index in [4.69, 9.17) is 14.2 Å². The van der Waals surface area contributed by atoms with Gasteiger partial charge in [0.1, 0.15) is 6.04 Å². The van der Waals surface area contributed by atoms with Crippen molar-refractivity contribution in [3.63, 3.8) is 0 Å². The smallest absolute Gasteiger partial charge is 0.328 e. The number of ether oxygens (including phenoxy) is 3. The fraction of sp³-hybridized carbons (Fsp3) is 0.381. The van der Waals surface area contributed by atoms with Gasteiger partial charge in [-0.25, -0.2) is 9.59 Å². The number of amides is 2. The summed E-state index contributed by atoms with van der Waals surface area (Å²) in [6, 6.07) is 32.5. The lowest BCUT2D eigenvalue weighted by atomic mass is 9.89. The third kappa shape index (κ3) is 9.42. The summed E-state index contributed by atoms with van der Waals surface area (Å²) in [6.45, 7) is 5.54. The molecule has 0 spiro atoms. The van der Waals surface area contributed by atoms with Crippen LogP contribution in [0.15, 0.2) is 103 Å². The van der Waals surface area contributed by atoms with Crippen molar-refractivity contribution in [3.05, 3.63) is 131 Å². The third-order valence-electron chi connectivity index (χ3n) is 10.0. The summed E-state index contributed by atoms with van der Waals surface area (Å²) in [7, 11) is 1.32. The van der Waals surface area contributed by atoms with Gasteiger partial charge in [-0.15, -0.1) is 0 Å². The van der Waals surface area contributed by atoms with Crippen molar-refractivity contribution in [3.8, 4) is 11.1 Å². The molecule has 2 amide bonds. The second-order valence-electron chi connectivity index (χ2n) is 13.6. The summed E-state index contributed by atoms with van der Waals surface area (Å²) in [5.74, 6) is -0.362. The Morgan fingerprint density at radius 2 is 1.53 bits per heavy atom. The first kappa shape index (κ1) is 36.3. The fourth-order valence-corrected chi connectivity index (χ4v) is 7.07. The zero-order valence-electron chi connectivity index (χ0n) is 29.5. The van der Waals surface area contributed by atoms with Gasteiger partial charge in [0, 0.05) is 31.0 Å². The molecule has 3 N–H and O–H groups in total. The van der Waals surface area contributed by atoms with E-state index < -0.39 is 24.3 Å². The zero-order valence-corrected chi connectivity index (χ0v) is 29.5. The Kier molecular flexibility index (Phi) is 12.5. The molecule has 2 heterocycles. The lowest BCUT2D eigenvalue weighted by Gasteiger charge is -2.43. The summed E-state index contributed by atoms with van der Waals surface area (Å²) in [5.41, 5.74) is 6.74. The molecule has 2 fully saturated rings. The molecule has 0 unspecified atom stereocenters. The third-order valence-corrected chi connectivity index (χ3v) is 10.0. The van der Waals surface area contributed by atoms with Crippen LogP contribution in [0.25, 0.3) is 11.1 Å². The first-order valence-corrected chi connectivity index (χ1v) is 18.0. The number of piperidine rings is 1. The Morgan fingerprint density at radius 1 is 0.843 bits per heavy atom. The molecule has 4 aromatic rings. The number of hydrogen-bond acceptors (Lipinski definition) is 7. The van der Waals surface area contributed by atoms with Crippen LogP contribution >= 0.6 is 0 Å². The van der Waals surface area contributed by atoms with Crippen LogP contribution in [0, 0.1) is 5.92 Å². The number of carbonyl (C=O) groups excluding carboxylic acids is 2. The second-order valence-corrected chi connectivity index (χ2v) is 13.6. The lowest BCUT2D eigenvalue weighted by Crippen LogP contribution is -2.47. The molecule has 268 valence electrons. The van der Waals surface area contributed by atoms with Crippen LogP contribution in [0.5, 0.6) is 0 Å². The van der Waals surface area contributed by atoms with Crippen molar-refractivity contribution in [1.82, 2.24) is 15.5 Å². The Labute approximate surface area is 300 Å². The van der Waals surface area contributed by atoms with Crippen LogP contribution in [0.2, 0.25) is 0 Å². The Balaban J connectivity index is 1.15. The van der Waals surface area contributed by atoms with Gasteiger partial charge in [0.05, 0.1) is 25.9 Å². The van der Waals surface area contributed by atoms with E-state index in [-0.39, 0.29) is 31.3 Å². The number of benzene rings is 4. The van der Waals surface area contributed by atoms with Crippen LogP contribution in [-0.2, 0) is 38.6 Å². The van der Waals surface area contributed by atoms with Crippen molar-refractivity contribution < 1.29 is 28.9 Å². The largest absolute Gasteiger partial charge is 0.467 e. The highest BCUT2D eigenvalue weighted by molar-refractivity contribution is 5.84. The highest BCUT2D eigenvalue weighted by atomic mass is 16.7. The topological polar surface area (TPSA) is 109 Å². The van der Waals surface area contributed by atoms with Gasteiger partial charge in [0.25, 0.3) is 0 Å². The molecule has 5 atom stereocenters. The normalized spacial score (nSPS) is 21.4. The van der Waals surface area contributed by atoms with Gasteiger partial charge in [0.2, 0.25) is 0 Å². The maximum absolute atomic E-state index is 13.0. The van der Waals surface area contributed by atoms with Gasteiger partial charge in [0.15, 0.2) is 6.29 Å². The minimum atomic E-state index is -0.814. The SMILES string of the molecule is COC(=O)[C@H](Cc1ccccc1)NC(=O)NCc1ccccc1-c1ccc([C@@H]2O[C@H](CN3CCCCC3)[C@H](C)[C@H](c3ccc(CO)cc3)O2)cc1. The molecule has 0 bridgehead atoms. The molecule has 51 heavy (non-hydrogen) atoms. The van der Waals surface area contributed by atoms with Gasteiger partial charge < -0.3 is 34.9 Å². The van der Waals surface area contributed by atoms with Gasteiger partial charge >= 0.3 is 12.0 Å². The number of rotatable bonds is 12. The number of aliphatic hydroxyl groups excluding tert-OH is 1. The molecule has 0 saturated carbocycles. The number of urea groups is 1. The van der Waals surface area contributed by atoms with Crippen LogP contribution in [0.1, 0.15) is 66.4 Å². The number of methoxy groups -OCH3 is 1. The maximum atomic E-state index is 13.0. The first-order valence-electron chi connectivity index (χ1n) is 18.0. The van der Waals surface area contributed by atoms with Crippen molar-refractivity contribution in [1.29, 1.82) is 0 Å². The molecule has 4 aromatic carbocycles. The number of esters is 1. The fourth-order valence-electron chi connectivity index (χ4n) is 7.07. The molecule has 0 radical (unpaired) electrons. The van der Waals surface area contributed by atoms with E-state index in [0.29, 0.717) is 6.42 Å². The van der Waals surface area contributed by atoms with Crippen molar-refractivity contribution in [2.24, 2.45) is 5.92 Å². The molecule has 2 aliphatic heterocycles. The van der Waals surface area contributed by atoms with E-state index in [9.17, 15) is 14.7 Å². The van der Waals surface area contributed by atoms with E-state index in [0.717, 1.165) is 58.6 Å². The molecule has 9 heteroatoms. The van der Waals surface area contributed by atoms with Crippen molar-refractivity contribution in [2.45, 2.75) is 70.3 Å². The molecular formula is C42H49N3O6. The van der Waals surface area contributed by atoms with Crippen molar-refractivity contribution in [2.75, 3.05) is 26.7 Å². The van der Waals surface area contributed by atoms with Crippen LogP contribution in [0.4, 0.5) is 4.79 Å². The number of likely N-dealkylation sites (tertiary alicyclic amines) is 1. The van der Waals surface area contributed by atoms with E-state index in [2.05, 4.69) is 58.9 Å².